The Kier molecular flexibility index (Phi) is 4.46. The summed E-state index contributed by atoms with van der Waals surface area (Å²) in [5, 5.41) is 3.09. The fraction of sp³-hybridized carbons (Fsp3) is 0.533. The molecule has 1 heterocycles. The highest BCUT2D eigenvalue weighted by Crippen LogP contribution is 2.27. The Balaban J connectivity index is 2.27. The van der Waals surface area contributed by atoms with Crippen LogP contribution in [0, 0.1) is 11.6 Å². The number of nitrogens with one attached hydrogen (secondary N) is 1. The van der Waals surface area contributed by atoms with E-state index in [1.54, 1.807) is 20.8 Å². The molecule has 0 unspecified atom stereocenters. The SMILES string of the molecule is CC(C)(C)OC(=O)N1CCNC[C@@H]1c1cccc(F)c1F. The van der Waals surface area contributed by atoms with Crippen molar-refractivity contribution in [2.75, 3.05) is 19.6 Å². The van der Waals surface area contributed by atoms with Gasteiger partial charge in [-0.2, -0.15) is 0 Å². The van der Waals surface area contributed by atoms with E-state index in [9.17, 15) is 13.6 Å². The predicted octanol–water partition coefficient (Wildman–Crippen LogP) is 2.85. The van der Waals surface area contributed by atoms with Gasteiger partial charge in [-0.15, -0.1) is 0 Å². The van der Waals surface area contributed by atoms with Gasteiger partial charge in [-0.25, -0.2) is 13.6 Å². The maximum atomic E-state index is 14.0. The van der Waals surface area contributed by atoms with E-state index in [1.807, 2.05) is 0 Å². The van der Waals surface area contributed by atoms with Crippen molar-refractivity contribution >= 4 is 6.09 Å². The Hall–Kier alpha value is -1.69. The summed E-state index contributed by atoms with van der Waals surface area (Å²) in [5.41, 5.74) is -0.472. The van der Waals surface area contributed by atoms with Crippen molar-refractivity contribution in [1.82, 2.24) is 10.2 Å². The van der Waals surface area contributed by atoms with Gasteiger partial charge in [0.05, 0.1) is 6.04 Å². The normalized spacial score (nSPS) is 19.5. The van der Waals surface area contributed by atoms with Crippen molar-refractivity contribution in [3.05, 3.63) is 35.4 Å². The van der Waals surface area contributed by atoms with E-state index in [-0.39, 0.29) is 5.56 Å². The third kappa shape index (κ3) is 3.69. The third-order valence-corrected chi connectivity index (χ3v) is 3.21. The topological polar surface area (TPSA) is 41.6 Å². The summed E-state index contributed by atoms with van der Waals surface area (Å²) >= 11 is 0. The smallest absolute Gasteiger partial charge is 0.410 e. The monoisotopic (exact) mass is 298 g/mol. The van der Waals surface area contributed by atoms with Crippen LogP contribution in [-0.4, -0.2) is 36.2 Å². The van der Waals surface area contributed by atoms with Crippen LogP contribution in [0.4, 0.5) is 13.6 Å². The zero-order chi connectivity index (χ0) is 15.6. The van der Waals surface area contributed by atoms with Gasteiger partial charge in [0.15, 0.2) is 11.6 Å². The Bertz CT molecular complexity index is 529. The summed E-state index contributed by atoms with van der Waals surface area (Å²) < 4.78 is 32.7. The molecule has 6 heteroatoms. The summed E-state index contributed by atoms with van der Waals surface area (Å²) in [6.07, 6.45) is -0.516. The quantitative estimate of drug-likeness (QED) is 0.867. The molecule has 0 bridgehead atoms. The largest absolute Gasteiger partial charge is 0.444 e. The summed E-state index contributed by atoms with van der Waals surface area (Å²) in [7, 11) is 0. The van der Waals surface area contributed by atoms with Crippen molar-refractivity contribution in [2.45, 2.75) is 32.4 Å². The van der Waals surface area contributed by atoms with Gasteiger partial charge in [0, 0.05) is 25.2 Å². The first-order chi connectivity index (χ1) is 9.79. The highest BCUT2D eigenvalue weighted by Gasteiger charge is 2.33. The fourth-order valence-corrected chi connectivity index (χ4v) is 2.30. The Morgan fingerprint density at radius 2 is 2.10 bits per heavy atom. The molecule has 1 atom stereocenters. The Labute approximate surface area is 123 Å². The molecule has 0 aromatic heterocycles. The van der Waals surface area contributed by atoms with Crippen molar-refractivity contribution in [2.24, 2.45) is 0 Å². The number of hydrogen-bond donors (Lipinski definition) is 1. The van der Waals surface area contributed by atoms with Gasteiger partial charge in [-0.3, -0.25) is 4.90 Å². The highest BCUT2D eigenvalue weighted by molar-refractivity contribution is 5.69. The van der Waals surface area contributed by atoms with Gasteiger partial charge >= 0.3 is 6.09 Å². The number of piperazine rings is 1. The number of amides is 1. The summed E-state index contributed by atoms with van der Waals surface area (Å²) in [6.45, 7) is 6.64. The van der Waals surface area contributed by atoms with E-state index in [0.717, 1.165) is 6.07 Å². The molecule has 0 spiro atoms. The molecule has 1 aromatic rings. The number of halogens is 2. The maximum absolute atomic E-state index is 14.0. The molecule has 1 aromatic carbocycles. The van der Waals surface area contributed by atoms with Crippen LogP contribution in [0.15, 0.2) is 18.2 Å². The molecular formula is C15H20F2N2O2. The van der Waals surface area contributed by atoms with Gasteiger partial charge in [0.1, 0.15) is 5.60 Å². The van der Waals surface area contributed by atoms with E-state index in [2.05, 4.69) is 5.32 Å². The summed E-state index contributed by atoms with van der Waals surface area (Å²) in [4.78, 5) is 13.7. The lowest BCUT2D eigenvalue weighted by molar-refractivity contribution is 0.0114. The predicted molar refractivity (Wildman–Crippen MR) is 74.9 cm³/mol. The standard InChI is InChI=1S/C15H20F2N2O2/c1-15(2,3)21-14(20)19-8-7-18-9-12(19)10-5-4-6-11(16)13(10)17/h4-6,12,18H,7-9H2,1-3H3/t12-/m1/s1. The first kappa shape index (κ1) is 15.7. The van der Waals surface area contributed by atoms with Crippen LogP contribution in [0.2, 0.25) is 0 Å². The molecule has 2 rings (SSSR count). The first-order valence-corrected chi connectivity index (χ1v) is 6.94. The lowest BCUT2D eigenvalue weighted by Gasteiger charge is -2.37. The molecule has 1 N–H and O–H groups in total. The lowest BCUT2D eigenvalue weighted by Crippen LogP contribution is -2.50. The van der Waals surface area contributed by atoms with Crippen LogP contribution in [-0.2, 0) is 4.74 Å². The molecule has 1 fully saturated rings. The number of ether oxygens (including phenoxy) is 1. The number of rotatable bonds is 1. The molecule has 1 aliphatic heterocycles. The molecule has 1 saturated heterocycles. The van der Waals surface area contributed by atoms with Crippen LogP contribution in [0.25, 0.3) is 0 Å². The number of benzene rings is 1. The van der Waals surface area contributed by atoms with Crippen LogP contribution >= 0.6 is 0 Å². The molecule has 1 amide bonds. The zero-order valence-corrected chi connectivity index (χ0v) is 12.5. The maximum Gasteiger partial charge on any atom is 0.410 e. The average molecular weight is 298 g/mol. The second-order valence-electron chi connectivity index (χ2n) is 6.04. The van der Waals surface area contributed by atoms with E-state index in [4.69, 9.17) is 4.74 Å². The molecule has 4 nitrogen and oxygen atoms in total. The van der Waals surface area contributed by atoms with Crippen molar-refractivity contribution < 1.29 is 18.3 Å². The first-order valence-electron chi connectivity index (χ1n) is 6.94. The lowest BCUT2D eigenvalue weighted by atomic mass is 10.0. The fourth-order valence-electron chi connectivity index (χ4n) is 2.30. The third-order valence-electron chi connectivity index (χ3n) is 3.21. The van der Waals surface area contributed by atoms with Crippen LogP contribution in [0.1, 0.15) is 32.4 Å². The summed E-state index contributed by atoms with van der Waals surface area (Å²) in [5.74, 6) is -1.83. The van der Waals surface area contributed by atoms with E-state index >= 15 is 0 Å². The zero-order valence-electron chi connectivity index (χ0n) is 12.5. The van der Waals surface area contributed by atoms with Gasteiger partial charge in [-0.05, 0) is 26.8 Å². The van der Waals surface area contributed by atoms with Gasteiger partial charge < -0.3 is 10.1 Å². The minimum Gasteiger partial charge on any atom is -0.444 e. The van der Waals surface area contributed by atoms with Crippen LogP contribution < -0.4 is 5.32 Å². The number of hydrogen-bond acceptors (Lipinski definition) is 3. The Morgan fingerprint density at radius 3 is 2.76 bits per heavy atom. The second kappa shape index (κ2) is 5.97. The molecule has 0 radical (unpaired) electrons. The minimum absolute atomic E-state index is 0.160. The molecular weight excluding hydrogens is 278 g/mol. The molecule has 1 aliphatic rings. The van der Waals surface area contributed by atoms with Crippen LogP contribution in [0.5, 0.6) is 0 Å². The molecule has 21 heavy (non-hydrogen) atoms. The van der Waals surface area contributed by atoms with Crippen molar-refractivity contribution in [3.8, 4) is 0 Å². The van der Waals surface area contributed by atoms with Crippen molar-refractivity contribution in [3.63, 3.8) is 0 Å². The second-order valence-corrected chi connectivity index (χ2v) is 6.04. The van der Waals surface area contributed by atoms with E-state index in [0.29, 0.717) is 19.6 Å². The Morgan fingerprint density at radius 1 is 1.38 bits per heavy atom. The number of nitrogens with zero attached hydrogens (tertiary/aromatic N) is 1. The minimum atomic E-state index is -0.917. The van der Waals surface area contributed by atoms with E-state index in [1.165, 1.54) is 17.0 Å². The van der Waals surface area contributed by atoms with Crippen molar-refractivity contribution in [1.29, 1.82) is 0 Å². The van der Waals surface area contributed by atoms with Gasteiger partial charge in [0.2, 0.25) is 0 Å². The highest BCUT2D eigenvalue weighted by atomic mass is 19.2. The van der Waals surface area contributed by atoms with Gasteiger partial charge in [-0.1, -0.05) is 12.1 Å². The number of carbonyl (C=O) groups is 1. The average Bonchev–Trinajstić information content (AvgIpc) is 2.40. The molecule has 0 saturated carbocycles. The molecule has 116 valence electrons. The number of carbonyl (C=O) groups excluding carboxylic acids is 1. The van der Waals surface area contributed by atoms with Crippen LogP contribution in [0.3, 0.4) is 0 Å². The van der Waals surface area contributed by atoms with E-state index < -0.39 is 29.4 Å². The van der Waals surface area contributed by atoms with Gasteiger partial charge in [0.25, 0.3) is 0 Å². The summed E-state index contributed by atoms with van der Waals surface area (Å²) in [6, 6.07) is 3.42. The molecule has 0 aliphatic carbocycles.